The predicted octanol–water partition coefficient (Wildman–Crippen LogP) is 5.04. The van der Waals surface area contributed by atoms with Crippen LogP contribution < -0.4 is 20.4 Å². The molecule has 0 bridgehead atoms. The van der Waals surface area contributed by atoms with E-state index in [1.54, 1.807) is 30.1 Å². The van der Waals surface area contributed by atoms with E-state index < -0.39 is 6.03 Å². The Morgan fingerprint density at radius 3 is 2.42 bits per heavy atom. The Morgan fingerprint density at radius 2 is 1.73 bits per heavy atom. The first-order valence-corrected chi connectivity index (χ1v) is 11.5. The molecule has 0 aliphatic carbocycles. The second kappa shape index (κ2) is 10.9. The number of benzene rings is 3. The topological polar surface area (TPSA) is 69.2 Å². The normalized spacial score (nSPS) is 12.4. The number of carbonyl (C=O) groups is 1. The number of ether oxygens (including phenoxy) is 1. The molecule has 4 rings (SSSR count). The van der Waals surface area contributed by atoms with Gasteiger partial charge in [0.25, 0.3) is 0 Å². The van der Waals surface area contributed by atoms with Crippen LogP contribution in [-0.2, 0) is 0 Å². The first-order valence-electron chi connectivity index (χ1n) is 10.7. The van der Waals surface area contributed by atoms with Crippen LogP contribution in [0.5, 0.6) is 5.75 Å². The van der Waals surface area contributed by atoms with Gasteiger partial charge in [0.15, 0.2) is 0 Å². The maximum atomic E-state index is 12.3. The van der Waals surface area contributed by atoms with Gasteiger partial charge in [-0.1, -0.05) is 42.1 Å². The fraction of sp³-hybridized carbons (Fsp3) is 0.200. The minimum absolute atomic E-state index is 0.410. The molecule has 33 heavy (non-hydrogen) atoms. The zero-order valence-corrected chi connectivity index (χ0v) is 19.5. The Morgan fingerprint density at radius 1 is 1.03 bits per heavy atom. The van der Waals surface area contributed by atoms with Crippen molar-refractivity contribution in [3.63, 3.8) is 0 Å². The SMILES string of the molecule is CN(C)CCOc1cccc(NC(=O)NN=CCN2c3ccccc3Sc3ccccc32)c1. The summed E-state index contributed by atoms with van der Waals surface area (Å²) < 4.78 is 5.71. The molecule has 2 N–H and O–H groups in total. The summed E-state index contributed by atoms with van der Waals surface area (Å²) in [7, 11) is 3.99. The van der Waals surface area contributed by atoms with E-state index in [9.17, 15) is 4.79 Å². The van der Waals surface area contributed by atoms with E-state index in [0.717, 1.165) is 17.9 Å². The first kappa shape index (κ1) is 22.7. The molecule has 0 spiro atoms. The van der Waals surface area contributed by atoms with E-state index in [4.69, 9.17) is 4.74 Å². The van der Waals surface area contributed by atoms with Gasteiger partial charge < -0.3 is 19.9 Å². The van der Waals surface area contributed by atoms with E-state index in [1.807, 2.05) is 55.4 Å². The molecule has 0 saturated carbocycles. The van der Waals surface area contributed by atoms with Gasteiger partial charge in [-0.05, 0) is 50.5 Å². The van der Waals surface area contributed by atoms with Gasteiger partial charge in [0, 0.05) is 34.3 Å². The van der Waals surface area contributed by atoms with Crippen molar-refractivity contribution in [1.29, 1.82) is 0 Å². The highest BCUT2D eigenvalue weighted by atomic mass is 32.2. The molecule has 0 aromatic heterocycles. The van der Waals surface area contributed by atoms with Crippen LogP contribution in [0.15, 0.2) is 87.7 Å². The molecule has 8 heteroatoms. The number of fused-ring (bicyclic) bond motifs is 2. The Balaban J connectivity index is 1.33. The van der Waals surface area contributed by atoms with Crippen LogP contribution in [0.3, 0.4) is 0 Å². The highest BCUT2D eigenvalue weighted by Gasteiger charge is 2.21. The number of urea groups is 1. The Bertz CT molecular complexity index is 1090. The molecule has 170 valence electrons. The number of para-hydroxylation sites is 2. The Labute approximate surface area is 198 Å². The number of hydrogen-bond donors (Lipinski definition) is 2. The number of amides is 2. The van der Waals surface area contributed by atoms with Gasteiger partial charge in [0.05, 0.1) is 17.9 Å². The number of nitrogens with one attached hydrogen (secondary N) is 2. The fourth-order valence-corrected chi connectivity index (χ4v) is 4.47. The molecule has 1 aliphatic rings. The third-order valence-electron chi connectivity index (χ3n) is 4.95. The average Bonchev–Trinajstić information content (AvgIpc) is 2.81. The lowest BCUT2D eigenvalue weighted by Crippen LogP contribution is -2.26. The van der Waals surface area contributed by atoms with Gasteiger partial charge >= 0.3 is 6.03 Å². The molecular formula is C25H27N5O2S. The van der Waals surface area contributed by atoms with Gasteiger partial charge in [-0.3, -0.25) is 0 Å². The molecule has 0 fully saturated rings. The summed E-state index contributed by atoms with van der Waals surface area (Å²) in [5.74, 6) is 0.707. The quantitative estimate of drug-likeness (QED) is 0.363. The molecule has 7 nitrogen and oxygen atoms in total. The van der Waals surface area contributed by atoms with Crippen molar-refractivity contribution in [2.45, 2.75) is 9.79 Å². The molecule has 0 radical (unpaired) electrons. The lowest BCUT2D eigenvalue weighted by Gasteiger charge is -2.31. The number of anilines is 3. The van der Waals surface area contributed by atoms with E-state index >= 15 is 0 Å². The smallest absolute Gasteiger partial charge is 0.339 e. The summed E-state index contributed by atoms with van der Waals surface area (Å²) in [6.07, 6.45) is 1.70. The summed E-state index contributed by atoms with van der Waals surface area (Å²) >= 11 is 1.76. The molecule has 0 unspecified atom stereocenters. The van der Waals surface area contributed by atoms with Crippen molar-refractivity contribution in [1.82, 2.24) is 10.3 Å². The second-order valence-electron chi connectivity index (χ2n) is 7.71. The second-order valence-corrected chi connectivity index (χ2v) is 8.79. The van der Waals surface area contributed by atoms with Crippen molar-refractivity contribution in [3.8, 4) is 5.75 Å². The Hall–Kier alpha value is -3.49. The number of hydrazone groups is 1. The summed E-state index contributed by atoms with van der Waals surface area (Å²) in [5, 5.41) is 6.91. The maximum absolute atomic E-state index is 12.3. The number of hydrogen-bond acceptors (Lipinski definition) is 6. The van der Waals surface area contributed by atoms with Gasteiger partial charge in [0.2, 0.25) is 0 Å². The molecule has 2 amide bonds. The lowest BCUT2D eigenvalue weighted by atomic mass is 10.2. The maximum Gasteiger partial charge on any atom is 0.339 e. The summed E-state index contributed by atoms with van der Waals surface area (Å²) in [6.45, 7) is 1.93. The standard InChI is InChI=1S/C25H27N5O2S/c1-29(2)16-17-32-20-9-7-8-19(18-20)27-25(31)28-26-14-15-30-21-10-3-5-12-23(21)33-24-13-6-4-11-22(24)30/h3-14,18H,15-17H2,1-2H3,(H2,27,28,31). The van der Waals surface area contributed by atoms with Crippen LogP contribution in [0.1, 0.15) is 0 Å². The van der Waals surface area contributed by atoms with Crippen molar-refractivity contribution in [2.24, 2.45) is 5.10 Å². The van der Waals surface area contributed by atoms with E-state index in [1.165, 1.54) is 9.79 Å². The minimum Gasteiger partial charge on any atom is -0.492 e. The minimum atomic E-state index is -0.410. The highest BCUT2D eigenvalue weighted by Crippen LogP contribution is 2.47. The molecule has 3 aromatic rings. The molecular weight excluding hydrogens is 434 g/mol. The monoisotopic (exact) mass is 461 g/mol. The number of rotatable bonds is 8. The summed E-state index contributed by atoms with van der Waals surface area (Å²) in [6, 6.07) is 23.5. The third-order valence-corrected chi connectivity index (χ3v) is 6.08. The zero-order chi connectivity index (χ0) is 23.0. The third kappa shape index (κ3) is 6.06. The highest BCUT2D eigenvalue weighted by molar-refractivity contribution is 7.99. The number of carbonyl (C=O) groups excluding carboxylic acids is 1. The van der Waals surface area contributed by atoms with Gasteiger partial charge in [-0.25, -0.2) is 10.2 Å². The van der Waals surface area contributed by atoms with Crippen LogP contribution in [0.4, 0.5) is 21.9 Å². The van der Waals surface area contributed by atoms with Gasteiger partial charge in [0.1, 0.15) is 12.4 Å². The number of nitrogens with zero attached hydrogens (tertiary/aromatic N) is 3. The summed E-state index contributed by atoms with van der Waals surface area (Å²) in [5.41, 5.74) is 5.43. The van der Waals surface area contributed by atoms with Crippen molar-refractivity contribution < 1.29 is 9.53 Å². The fourth-order valence-electron chi connectivity index (χ4n) is 3.37. The van der Waals surface area contributed by atoms with E-state index in [-0.39, 0.29) is 0 Å². The molecule has 0 saturated heterocycles. The zero-order valence-electron chi connectivity index (χ0n) is 18.7. The predicted molar refractivity (Wildman–Crippen MR) is 135 cm³/mol. The average molecular weight is 462 g/mol. The molecule has 3 aromatic carbocycles. The van der Waals surface area contributed by atoms with E-state index in [0.29, 0.717) is 24.6 Å². The summed E-state index contributed by atoms with van der Waals surface area (Å²) in [4.78, 5) is 18.9. The van der Waals surface area contributed by atoms with Gasteiger partial charge in [-0.2, -0.15) is 5.10 Å². The molecule has 1 aliphatic heterocycles. The van der Waals surface area contributed by atoms with Crippen molar-refractivity contribution in [3.05, 3.63) is 72.8 Å². The van der Waals surface area contributed by atoms with Crippen LogP contribution in [0.25, 0.3) is 0 Å². The van der Waals surface area contributed by atoms with Gasteiger partial charge in [-0.15, -0.1) is 0 Å². The van der Waals surface area contributed by atoms with Crippen molar-refractivity contribution in [2.75, 3.05) is 44.0 Å². The number of likely N-dealkylation sites (N-methyl/N-ethyl adjacent to an activating group) is 1. The lowest BCUT2D eigenvalue weighted by molar-refractivity contribution is 0.252. The van der Waals surface area contributed by atoms with Crippen LogP contribution in [-0.4, -0.2) is 50.9 Å². The van der Waals surface area contributed by atoms with Crippen LogP contribution in [0.2, 0.25) is 0 Å². The van der Waals surface area contributed by atoms with Crippen molar-refractivity contribution >= 4 is 41.1 Å². The van der Waals surface area contributed by atoms with Crippen LogP contribution >= 0.6 is 11.8 Å². The molecule has 0 atom stereocenters. The molecule has 1 heterocycles. The largest absolute Gasteiger partial charge is 0.492 e. The first-order chi connectivity index (χ1) is 16.1. The van der Waals surface area contributed by atoms with E-state index in [2.05, 4.69) is 45.0 Å². The Kier molecular flexibility index (Phi) is 7.49. The van der Waals surface area contributed by atoms with Crippen LogP contribution in [0, 0.1) is 0 Å².